The largest absolute Gasteiger partial charge is 0.462 e. The van der Waals surface area contributed by atoms with Gasteiger partial charge in [0, 0.05) is 19.9 Å². The number of ether oxygens (including phenoxy) is 2. The van der Waals surface area contributed by atoms with E-state index in [1.54, 1.807) is 0 Å². The number of nitrogens with two attached hydrogens (primary N) is 1. The van der Waals surface area contributed by atoms with Crippen LogP contribution >= 0.6 is 7.60 Å². The molecule has 0 aliphatic heterocycles. The van der Waals surface area contributed by atoms with E-state index in [4.69, 9.17) is 19.7 Å². The third-order valence-electron chi connectivity index (χ3n) is 6.73. The Hall–Kier alpha value is -2.54. The van der Waals surface area contributed by atoms with Crippen molar-refractivity contribution in [2.45, 2.75) is 116 Å². The third kappa shape index (κ3) is 28.7. The number of rotatable bonds is 29. The van der Waals surface area contributed by atoms with E-state index in [-0.39, 0.29) is 51.8 Å². The molecule has 0 rings (SSSR count). The van der Waals surface area contributed by atoms with Crippen molar-refractivity contribution < 1.29 is 47.4 Å². The molecule has 0 fully saturated rings. The van der Waals surface area contributed by atoms with Gasteiger partial charge in [0.2, 0.25) is 17.7 Å². The van der Waals surface area contributed by atoms with Crippen molar-refractivity contribution in [3.05, 3.63) is 0 Å². The second-order valence-electron chi connectivity index (χ2n) is 11.0. The first kappa shape index (κ1) is 42.5. The van der Waals surface area contributed by atoms with Crippen molar-refractivity contribution >= 4 is 37.3 Å². The van der Waals surface area contributed by atoms with Crippen LogP contribution in [-0.2, 0) is 42.5 Å². The summed E-state index contributed by atoms with van der Waals surface area (Å²) in [5.41, 5.74) is 5.11. The summed E-state index contributed by atoms with van der Waals surface area (Å²) in [7, 11) is -4.10. The molecule has 45 heavy (non-hydrogen) atoms. The average molecular weight is 665 g/mol. The molecule has 0 aliphatic carbocycles. The molecule has 0 radical (unpaired) electrons. The van der Waals surface area contributed by atoms with Gasteiger partial charge in [0.15, 0.2) is 6.10 Å². The van der Waals surface area contributed by atoms with Crippen molar-refractivity contribution in [3.8, 4) is 0 Å². The number of carbonyl (C=O) groups excluding carboxylic acids is 5. The molecule has 2 atom stereocenters. The van der Waals surface area contributed by atoms with E-state index >= 15 is 0 Å². The van der Waals surface area contributed by atoms with Crippen molar-refractivity contribution in [1.29, 1.82) is 0 Å². The molecule has 0 aromatic heterocycles. The summed E-state index contributed by atoms with van der Waals surface area (Å²) < 4.78 is 27.8. The summed E-state index contributed by atoms with van der Waals surface area (Å²) in [5, 5.41) is 7.06. The minimum absolute atomic E-state index is 0.0392. The van der Waals surface area contributed by atoms with E-state index in [0.717, 1.165) is 19.3 Å². The lowest BCUT2D eigenvalue weighted by atomic mass is 10.0. The van der Waals surface area contributed by atoms with Gasteiger partial charge in [-0.15, -0.1) is 0 Å². The lowest BCUT2D eigenvalue weighted by molar-refractivity contribution is -0.160. The zero-order valence-corrected chi connectivity index (χ0v) is 28.2. The standard InChI is InChI=1S/C30H57N4O10P/c1-3-4-5-6-7-8-9-10-11-12-13-14-15-17-30(39)44-26(23-42-25(2)35)24-43-45(40,41)19-16-18-32-28(37)21-34-29(38)22-33-27(36)20-31/h26H,3-24,31H2,1-2H3,(H,32,37)(H,33,36)(H,34,38)(H,40,41). The van der Waals surface area contributed by atoms with Gasteiger partial charge >= 0.3 is 19.5 Å². The molecule has 0 saturated carbocycles. The molecular formula is C30H57N4O10P. The Balaban J connectivity index is 4.19. The van der Waals surface area contributed by atoms with Crippen LogP contribution in [-0.4, -0.2) is 86.2 Å². The van der Waals surface area contributed by atoms with Crippen LogP contribution in [0.15, 0.2) is 0 Å². The maximum atomic E-state index is 12.4. The Labute approximate surface area is 268 Å². The van der Waals surface area contributed by atoms with Gasteiger partial charge in [0.05, 0.1) is 32.4 Å². The quantitative estimate of drug-likeness (QED) is 0.0446. The number of carbonyl (C=O) groups is 5. The molecule has 0 aliphatic rings. The first-order valence-corrected chi connectivity index (χ1v) is 18.0. The van der Waals surface area contributed by atoms with Gasteiger partial charge < -0.3 is 40.6 Å². The average Bonchev–Trinajstić information content (AvgIpc) is 3.00. The van der Waals surface area contributed by atoms with Gasteiger partial charge in [0.25, 0.3) is 0 Å². The zero-order valence-electron chi connectivity index (χ0n) is 27.3. The van der Waals surface area contributed by atoms with E-state index in [0.29, 0.717) is 6.42 Å². The summed E-state index contributed by atoms with van der Waals surface area (Å²) in [6.45, 7) is 1.80. The van der Waals surface area contributed by atoms with E-state index in [2.05, 4.69) is 22.9 Å². The Bertz CT molecular complexity index is 906. The highest BCUT2D eigenvalue weighted by molar-refractivity contribution is 7.52. The summed E-state index contributed by atoms with van der Waals surface area (Å²) >= 11 is 0. The van der Waals surface area contributed by atoms with Gasteiger partial charge in [-0.2, -0.15) is 0 Å². The number of hydrogen-bond donors (Lipinski definition) is 5. The molecule has 15 heteroatoms. The predicted octanol–water partition coefficient (Wildman–Crippen LogP) is 2.84. The summed E-state index contributed by atoms with van der Waals surface area (Å²) in [6, 6.07) is 0. The number of amides is 3. The van der Waals surface area contributed by atoms with Gasteiger partial charge in [0.1, 0.15) is 6.61 Å². The van der Waals surface area contributed by atoms with Crippen LogP contribution in [0.3, 0.4) is 0 Å². The highest BCUT2D eigenvalue weighted by Crippen LogP contribution is 2.42. The van der Waals surface area contributed by atoms with Gasteiger partial charge in [-0.25, -0.2) is 0 Å². The molecule has 14 nitrogen and oxygen atoms in total. The molecule has 0 aromatic rings. The van der Waals surface area contributed by atoms with Crippen LogP contribution in [0.4, 0.5) is 0 Å². The molecule has 0 heterocycles. The van der Waals surface area contributed by atoms with E-state index in [1.807, 2.05) is 0 Å². The normalized spacial score (nSPS) is 12.9. The Morgan fingerprint density at radius 2 is 1.24 bits per heavy atom. The first-order chi connectivity index (χ1) is 21.5. The lowest BCUT2D eigenvalue weighted by Crippen LogP contribution is -2.43. The van der Waals surface area contributed by atoms with Crippen LogP contribution in [0.2, 0.25) is 0 Å². The molecule has 0 spiro atoms. The number of esters is 2. The Morgan fingerprint density at radius 3 is 1.78 bits per heavy atom. The maximum absolute atomic E-state index is 12.4. The first-order valence-electron chi connectivity index (χ1n) is 16.3. The highest BCUT2D eigenvalue weighted by Gasteiger charge is 2.24. The monoisotopic (exact) mass is 664 g/mol. The Morgan fingerprint density at radius 1 is 0.733 bits per heavy atom. The summed E-state index contributed by atoms with van der Waals surface area (Å²) in [5.74, 6) is -2.70. The predicted molar refractivity (Wildman–Crippen MR) is 170 cm³/mol. The molecule has 3 amide bonds. The minimum atomic E-state index is -4.10. The van der Waals surface area contributed by atoms with Crippen LogP contribution in [0.1, 0.15) is 110 Å². The topological polar surface area (TPSA) is 212 Å². The smallest absolute Gasteiger partial charge is 0.328 e. The van der Waals surface area contributed by atoms with E-state index < -0.39 is 50.0 Å². The van der Waals surface area contributed by atoms with E-state index in [9.17, 15) is 33.4 Å². The van der Waals surface area contributed by atoms with Crippen LogP contribution < -0.4 is 21.7 Å². The number of hydrogen-bond acceptors (Lipinski definition) is 10. The lowest BCUT2D eigenvalue weighted by Gasteiger charge is -2.20. The zero-order chi connectivity index (χ0) is 33.8. The number of nitrogens with one attached hydrogen (secondary N) is 3. The van der Waals surface area contributed by atoms with Gasteiger partial charge in [-0.05, 0) is 12.8 Å². The van der Waals surface area contributed by atoms with Gasteiger partial charge in [-0.1, -0.05) is 84.0 Å². The molecule has 0 bridgehead atoms. The number of unbranched alkanes of at least 4 members (excludes halogenated alkanes) is 12. The van der Waals surface area contributed by atoms with Gasteiger partial charge in [-0.3, -0.25) is 28.5 Å². The summed E-state index contributed by atoms with van der Waals surface area (Å²) in [4.78, 5) is 68.2. The third-order valence-corrected chi connectivity index (χ3v) is 8.17. The second kappa shape index (κ2) is 27.7. The molecule has 6 N–H and O–H groups in total. The van der Waals surface area contributed by atoms with Crippen molar-refractivity contribution in [1.82, 2.24) is 16.0 Å². The SMILES string of the molecule is CCCCCCCCCCCCCCCC(=O)OC(COC(C)=O)COP(=O)(O)CCCNC(=O)CNC(=O)CNC(=O)CN. The highest BCUT2D eigenvalue weighted by atomic mass is 31.2. The van der Waals surface area contributed by atoms with Crippen molar-refractivity contribution in [2.24, 2.45) is 5.73 Å². The second-order valence-corrected chi connectivity index (χ2v) is 13.0. The fourth-order valence-electron chi connectivity index (χ4n) is 4.18. The van der Waals surface area contributed by atoms with Crippen molar-refractivity contribution in [3.63, 3.8) is 0 Å². The van der Waals surface area contributed by atoms with Crippen LogP contribution in [0, 0.1) is 0 Å². The molecule has 262 valence electrons. The fourth-order valence-corrected chi connectivity index (χ4v) is 5.27. The molecule has 2 unspecified atom stereocenters. The molecule has 0 aromatic carbocycles. The fraction of sp³-hybridized carbons (Fsp3) is 0.833. The summed E-state index contributed by atoms with van der Waals surface area (Å²) in [6.07, 6.45) is 14.3. The minimum Gasteiger partial charge on any atom is -0.462 e. The molecule has 0 saturated heterocycles. The van der Waals surface area contributed by atoms with Crippen molar-refractivity contribution in [2.75, 3.05) is 45.6 Å². The Kier molecular flexibility index (Phi) is 26.2. The van der Waals surface area contributed by atoms with Crippen LogP contribution in [0.25, 0.3) is 0 Å². The molecular weight excluding hydrogens is 607 g/mol. The van der Waals surface area contributed by atoms with Crippen LogP contribution in [0.5, 0.6) is 0 Å². The maximum Gasteiger partial charge on any atom is 0.328 e. The van der Waals surface area contributed by atoms with E-state index in [1.165, 1.54) is 64.7 Å².